The largest absolute Gasteiger partial charge is 0.396 e. The van der Waals surface area contributed by atoms with Gasteiger partial charge in [0, 0.05) is 144 Å². The highest BCUT2D eigenvalue weighted by molar-refractivity contribution is 5.80. The number of aliphatic hydroxyl groups excluding tert-OH is 10. The van der Waals surface area contributed by atoms with Gasteiger partial charge in [-0.2, -0.15) is 0 Å². The average Bonchev–Trinajstić information content (AvgIpc) is 0.719. The molecule has 2 heterocycles. The van der Waals surface area contributed by atoms with Crippen molar-refractivity contribution in [3.63, 3.8) is 0 Å². The molecule has 21 N–H and O–H groups in total. The molecule has 0 radical (unpaired) electrons. The van der Waals surface area contributed by atoms with Crippen LogP contribution in [0.15, 0.2) is 0 Å². The summed E-state index contributed by atoms with van der Waals surface area (Å²) in [7, 11) is 1.46. The van der Waals surface area contributed by atoms with Gasteiger partial charge in [-0.15, -0.1) is 0 Å². The number of carbonyl (C=O) groups excluding carboxylic acids is 11. The molecule has 3 rings (SSSR count). The van der Waals surface area contributed by atoms with E-state index < -0.39 is 158 Å². The predicted octanol–water partition coefficient (Wildman–Crippen LogP) is -8.17. The van der Waals surface area contributed by atoms with Gasteiger partial charge >= 0.3 is 0 Å². The van der Waals surface area contributed by atoms with E-state index in [1.807, 2.05) is 0 Å². The van der Waals surface area contributed by atoms with Crippen molar-refractivity contribution in [2.24, 2.45) is 5.92 Å². The number of nitrogens with one attached hydrogen (secondary N) is 11. The zero-order valence-corrected chi connectivity index (χ0v) is 61.8. The minimum Gasteiger partial charge on any atom is -0.396 e. The molecular formula is C67H119N11O29. The standard InChI is InChI=1S/C67H119N11O29/c1-41(82)75-55-60(96)58(94)45(36-80)106-63(55)103-29-8-5-15-48(86)69-23-12-26-72-51(89)20-32-100-38-66(78-54(92)19-11-18-47(85)68-4,39-101-33-21-52(90)73-27-13-24-70-49(87)16-6-9-30-104-64-56(76-42(2)83)61(97)59(95)46(37-81)107-64)40-102-34-22-53(91)74-28-14-25-71-50(88)17-7-10-31-105-65(99)67(77-43(3)84)44(35-79)57(93)62(67)98/h44-46,55-65,79-81,93-99H,5-40H2,1-4H3,(H,68,85)(H,69,86)(H,70,87)(H,71,88)(H,72,89)(H,73,90)(H,74,91)(H,75,82)(H,76,83)(H,77,84)(H,78,92)/t44?,45?,46?,55-,56-,57-,58-,59-,60?,61?,62?,63+,64+,65-,66?,67-/m0/s1. The number of aliphatic hydroxyl groups is 10. The molecule has 11 amide bonds. The van der Waals surface area contributed by atoms with Crippen LogP contribution in [0.1, 0.15) is 136 Å². The van der Waals surface area contributed by atoms with Crippen molar-refractivity contribution in [2.45, 2.75) is 227 Å². The second-order valence-corrected chi connectivity index (χ2v) is 26.5. The van der Waals surface area contributed by atoms with Crippen molar-refractivity contribution in [2.75, 3.05) is 126 Å². The lowest BCUT2D eigenvalue weighted by atomic mass is 9.61. The summed E-state index contributed by atoms with van der Waals surface area (Å²) in [5, 5.41) is 131. The summed E-state index contributed by atoms with van der Waals surface area (Å²) in [6, 6.07) is -2.20. The number of carbonyl (C=O) groups is 11. The fraction of sp³-hybridized carbons (Fsp3) is 0.836. The lowest BCUT2D eigenvalue weighted by Crippen LogP contribution is -2.82. The third-order valence-corrected chi connectivity index (χ3v) is 17.6. The zero-order valence-electron chi connectivity index (χ0n) is 61.8. The monoisotopic (exact) mass is 1540 g/mol. The molecule has 15 atom stereocenters. The highest BCUT2D eigenvalue weighted by atomic mass is 16.7. The first-order valence-electron chi connectivity index (χ1n) is 36.5. The number of hydrogen-bond donors (Lipinski definition) is 21. The highest BCUT2D eigenvalue weighted by Gasteiger charge is 2.66. The Labute approximate surface area is 621 Å². The Bertz CT molecular complexity index is 2520. The first kappa shape index (κ1) is 94.7. The molecule has 40 heteroatoms. The van der Waals surface area contributed by atoms with Gasteiger partial charge in [-0.3, -0.25) is 52.7 Å². The van der Waals surface area contributed by atoms with Crippen molar-refractivity contribution in [1.82, 2.24) is 58.5 Å². The molecule has 40 nitrogen and oxygen atoms in total. The molecule has 2 aliphatic heterocycles. The number of amides is 11. The molecule has 3 aliphatic rings. The maximum absolute atomic E-state index is 13.6. The Morgan fingerprint density at radius 3 is 1.11 bits per heavy atom. The van der Waals surface area contributed by atoms with Gasteiger partial charge in [-0.1, -0.05) is 0 Å². The molecule has 1 saturated carbocycles. The van der Waals surface area contributed by atoms with E-state index in [9.17, 15) is 104 Å². The molecule has 0 aromatic carbocycles. The summed E-state index contributed by atoms with van der Waals surface area (Å²) >= 11 is 0. The van der Waals surface area contributed by atoms with Crippen LogP contribution in [0.5, 0.6) is 0 Å². The van der Waals surface area contributed by atoms with Gasteiger partial charge in [0.25, 0.3) is 0 Å². The van der Waals surface area contributed by atoms with Gasteiger partial charge in [-0.05, 0) is 64.2 Å². The van der Waals surface area contributed by atoms with Crippen LogP contribution in [0, 0.1) is 5.92 Å². The number of ether oxygens (including phenoxy) is 8. The molecule has 107 heavy (non-hydrogen) atoms. The molecule has 6 unspecified atom stereocenters. The molecule has 0 aromatic heterocycles. The van der Waals surface area contributed by atoms with E-state index in [1.165, 1.54) is 20.9 Å². The van der Waals surface area contributed by atoms with Crippen LogP contribution in [0.3, 0.4) is 0 Å². The van der Waals surface area contributed by atoms with Crippen molar-refractivity contribution in [1.29, 1.82) is 0 Å². The number of rotatable bonds is 57. The summed E-state index contributed by atoms with van der Waals surface area (Å²) in [4.78, 5) is 137. The van der Waals surface area contributed by atoms with Crippen molar-refractivity contribution < 1.29 is 142 Å². The first-order valence-corrected chi connectivity index (χ1v) is 36.5. The maximum atomic E-state index is 13.6. The van der Waals surface area contributed by atoms with E-state index in [0.29, 0.717) is 57.8 Å². The molecular weight excluding hydrogens is 1420 g/mol. The van der Waals surface area contributed by atoms with Crippen LogP contribution < -0.4 is 58.5 Å². The number of hydrogen-bond acceptors (Lipinski definition) is 29. The first-order chi connectivity index (χ1) is 51.1. The smallest absolute Gasteiger partial charge is 0.222 e. The lowest BCUT2D eigenvalue weighted by Gasteiger charge is -2.57. The Hall–Kier alpha value is -6.55. The van der Waals surface area contributed by atoms with Gasteiger partial charge < -0.3 is 147 Å². The van der Waals surface area contributed by atoms with E-state index >= 15 is 0 Å². The average molecular weight is 1540 g/mol. The third-order valence-electron chi connectivity index (χ3n) is 17.6. The molecule has 0 aromatic rings. The summed E-state index contributed by atoms with van der Waals surface area (Å²) in [5.74, 6) is -5.56. The van der Waals surface area contributed by atoms with Crippen molar-refractivity contribution in [3.05, 3.63) is 0 Å². The minimum atomic E-state index is -1.82. The quantitative estimate of drug-likeness (QED) is 0.0199. The fourth-order valence-electron chi connectivity index (χ4n) is 11.7. The van der Waals surface area contributed by atoms with Crippen molar-refractivity contribution >= 4 is 65.0 Å². The molecule has 0 bridgehead atoms. The van der Waals surface area contributed by atoms with Gasteiger partial charge in [0.15, 0.2) is 18.9 Å². The van der Waals surface area contributed by atoms with Gasteiger partial charge in [0.1, 0.15) is 65.9 Å². The normalized spacial score (nSPS) is 24.7. The van der Waals surface area contributed by atoms with E-state index in [2.05, 4.69) is 58.5 Å². The Morgan fingerprint density at radius 2 is 0.766 bits per heavy atom. The van der Waals surface area contributed by atoms with Crippen LogP contribution in [0.4, 0.5) is 0 Å². The molecule has 616 valence electrons. The topological polar surface area (TPSA) is 596 Å². The maximum Gasteiger partial charge on any atom is 0.222 e. The van der Waals surface area contributed by atoms with E-state index in [-0.39, 0.29) is 180 Å². The fourth-order valence-corrected chi connectivity index (χ4v) is 11.7. The van der Waals surface area contributed by atoms with E-state index in [1.54, 1.807) is 0 Å². The summed E-state index contributed by atoms with van der Waals surface area (Å²) in [6.07, 6.45) is -11.9. The second-order valence-electron chi connectivity index (χ2n) is 26.5. The minimum absolute atomic E-state index is 0.0336. The van der Waals surface area contributed by atoms with Gasteiger partial charge in [0.05, 0.1) is 65.6 Å². The predicted molar refractivity (Wildman–Crippen MR) is 372 cm³/mol. The molecule has 3 fully saturated rings. The van der Waals surface area contributed by atoms with Crippen LogP contribution in [0.2, 0.25) is 0 Å². The highest BCUT2D eigenvalue weighted by Crippen LogP contribution is 2.42. The van der Waals surface area contributed by atoms with E-state index in [4.69, 9.17) is 37.9 Å². The van der Waals surface area contributed by atoms with Gasteiger partial charge in [-0.25, -0.2) is 0 Å². The lowest BCUT2D eigenvalue weighted by molar-refractivity contribution is -0.281. The second kappa shape index (κ2) is 52.5. The van der Waals surface area contributed by atoms with Crippen molar-refractivity contribution in [3.8, 4) is 0 Å². The summed E-state index contributed by atoms with van der Waals surface area (Å²) in [5.41, 5.74) is -3.31. The Balaban J connectivity index is 1.50. The summed E-state index contributed by atoms with van der Waals surface area (Å²) in [6.45, 7) is 1.66. The Kier molecular flexibility index (Phi) is 46.5. The third kappa shape index (κ3) is 35.4. The molecule has 1 aliphatic carbocycles. The van der Waals surface area contributed by atoms with Crippen LogP contribution in [-0.4, -0.2) is 333 Å². The summed E-state index contributed by atoms with van der Waals surface area (Å²) < 4.78 is 45.9. The van der Waals surface area contributed by atoms with E-state index in [0.717, 1.165) is 6.92 Å². The van der Waals surface area contributed by atoms with Crippen LogP contribution in [-0.2, 0) is 90.6 Å². The Morgan fingerprint density at radius 1 is 0.411 bits per heavy atom. The molecule has 2 saturated heterocycles. The van der Waals surface area contributed by atoms with Crippen LogP contribution in [0.25, 0.3) is 0 Å². The number of unbranched alkanes of at least 4 members (excludes halogenated alkanes) is 3. The molecule has 0 spiro atoms. The van der Waals surface area contributed by atoms with Gasteiger partial charge in [0.2, 0.25) is 65.0 Å². The SMILES string of the molecule is CNC(=O)CCCC(=O)NC(COCCC(=O)NCCCNC(=O)CCCCO[C@@H]1OC(CO)[C@H](O)C(O)[C@@H]1NC(C)=O)(COCCC(=O)NCCCNC(=O)CCCCO[C@@H]1OC(CO)[C@H](O)C(O)[C@@H]1NC(C)=O)COCCC(=O)NCCCNC(=O)CCCCO[C@H](O)[C@@]1(NC(C)=O)C(O)[C@@H](O)C1CO. The van der Waals surface area contributed by atoms with Crippen LogP contribution >= 0.6 is 0 Å². The zero-order chi connectivity index (χ0) is 79.3.